The summed E-state index contributed by atoms with van der Waals surface area (Å²) in [5.41, 5.74) is 0.417. The predicted molar refractivity (Wildman–Crippen MR) is 72.3 cm³/mol. The van der Waals surface area contributed by atoms with Gasteiger partial charge < -0.3 is 9.47 Å². The molecule has 0 radical (unpaired) electrons. The average Bonchev–Trinajstić information content (AvgIpc) is 2.30. The number of benzene rings is 1. The first-order valence-electron chi connectivity index (χ1n) is 5.39. The zero-order valence-electron chi connectivity index (χ0n) is 10.3. The van der Waals surface area contributed by atoms with Crippen molar-refractivity contribution in [3.63, 3.8) is 0 Å². The number of hydrogen-bond donors (Lipinski definition) is 1. The third-order valence-electron chi connectivity index (χ3n) is 2.08. The van der Waals surface area contributed by atoms with Gasteiger partial charge in [0.05, 0.1) is 25.2 Å². The van der Waals surface area contributed by atoms with E-state index in [2.05, 4.69) is 4.72 Å². The largest absolute Gasteiger partial charge is 0.493 e. The van der Waals surface area contributed by atoms with Crippen LogP contribution in [0.4, 0.5) is 5.69 Å². The maximum atomic E-state index is 11.5. The summed E-state index contributed by atoms with van der Waals surface area (Å²) in [6.07, 6.45) is 0. The highest BCUT2D eigenvalue weighted by molar-refractivity contribution is 7.92. The highest BCUT2D eigenvalue weighted by atomic mass is 35.5. The van der Waals surface area contributed by atoms with Crippen LogP contribution in [0.2, 0.25) is 0 Å². The molecule has 7 heteroatoms. The van der Waals surface area contributed by atoms with E-state index >= 15 is 0 Å². The lowest BCUT2D eigenvalue weighted by atomic mass is 10.3. The Bertz CT molecular complexity index is 490. The number of anilines is 1. The van der Waals surface area contributed by atoms with E-state index in [0.717, 1.165) is 0 Å². The maximum absolute atomic E-state index is 11.5. The summed E-state index contributed by atoms with van der Waals surface area (Å²) in [6.45, 7) is 2.37. The molecule has 0 aliphatic heterocycles. The van der Waals surface area contributed by atoms with Crippen LogP contribution >= 0.6 is 11.6 Å². The maximum Gasteiger partial charge on any atom is 0.233 e. The molecule has 0 aromatic heterocycles. The highest BCUT2D eigenvalue weighted by Gasteiger charge is 2.11. The van der Waals surface area contributed by atoms with Gasteiger partial charge in [-0.05, 0) is 19.1 Å². The summed E-state index contributed by atoms with van der Waals surface area (Å²) in [4.78, 5) is 0. The number of sulfonamides is 1. The molecule has 18 heavy (non-hydrogen) atoms. The van der Waals surface area contributed by atoms with E-state index in [0.29, 0.717) is 23.8 Å². The number of halogens is 1. The SMILES string of the molecule is CCOc1ccc(NS(=O)(=O)CCCl)cc1OC. The first-order chi connectivity index (χ1) is 8.52. The quantitative estimate of drug-likeness (QED) is 0.782. The van der Waals surface area contributed by atoms with Crippen molar-refractivity contribution in [1.29, 1.82) is 0 Å². The first-order valence-corrected chi connectivity index (χ1v) is 7.58. The second-order valence-corrected chi connectivity index (χ2v) is 5.63. The minimum Gasteiger partial charge on any atom is -0.493 e. The van der Waals surface area contributed by atoms with E-state index in [1.807, 2.05) is 6.92 Å². The molecule has 1 rings (SSSR count). The Morgan fingerprint density at radius 1 is 1.33 bits per heavy atom. The molecule has 1 aromatic carbocycles. The summed E-state index contributed by atoms with van der Waals surface area (Å²) in [7, 11) is -1.92. The first kappa shape index (κ1) is 14.9. The molecule has 0 amide bonds. The molecule has 102 valence electrons. The molecular weight excluding hydrogens is 278 g/mol. The van der Waals surface area contributed by atoms with Gasteiger partial charge in [0, 0.05) is 11.9 Å². The van der Waals surface area contributed by atoms with E-state index in [9.17, 15) is 8.42 Å². The van der Waals surface area contributed by atoms with Gasteiger partial charge in [-0.25, -0.2) is 8.42 Å². The normalized spacial score (nSPS) is 11.1. The molecule has 0 aliphatic carbocycles. The van der Waals surface area contributed by atoms with Crippen LogP contribution in [-0.4, -0.2) is 33.8 Å². The lowest BCUT2D eigenvalue weighted by Gasteiger charge is -2.12. The zero-order chi connectivity index (χ0) is 13.6. The van der Waals surface area contributed by atoms with Gasteiger partial charge in [0.2, 0.25) is 10.0 Å². The minimum absolute atomic E-state index is 0.0451. The summed E-state index contributed by atoms with van der Waals surface area (Å²) in [6, 6.07) is 4.83. The molecule has 0 heterocycles. The molecule has 5 nitrogen and oxygen atoms in total. The number of alkyl halides is 1. The minimum atomic E-state index is -3.41. The Morgan fingerprint density at radius 2 is 2.06 bits per heavy atom. The van der Waals surface area contributed by atoms with E-state index in [4.69, 9.17) is 21.1 Å². The van der Waals surface area contributed by atoms with Crippen molar-refractivity contribution in [1.82, 2.24) is 0 Å². The van der Waals surface area contributed by atoms with Gasteiger partial charge in [0.25, 0.3) is 0 Å². The lowest BCUT2D eigenvalue weighted by Crippen LogP contribution is -2.17. The van der Waals surface area contributed by atoms with Gasteiger partial charge in [-0.3, -0.25) is 4.72 Å². The Hall–Kier alpha value is -1.14. The fourth-order valence-corrected chi connectivity index (χ4v) is 2.74. The molecule has 0 saturated heterocycles. The lowest BCUT2D eigenvalue weighted by molar-refractivity contribution is 0.311. The Balaban J connectivity index is 2.92. The van der Waals surface area contributed by atoms with Crippen molar-refractivity contribution in [3.8, 4) is 11.5 Å². The van der Waals surface area contributed by atoms with Crippen molar-refractivity contribution >= 4 is 27.3 Å². The summed E-state index contributed by atoms with van der Waals surface area (Å²) in [5.74, 6) is 0.955. The van der Waals surface area contributed by atoms with Crippen LogP contribution in [0.5, 0.6) is 11.5 Å². The number of rotatable bonds is 7. The summed E-state index contributed by atoms with van der Waals surface area (Å²) >= 11 is 5.41. The van der Waals surface area contributed by atoms with Crippen LogP contribution in [0.1, 0.15) is 6.92 Å². The van der Waals surface area contributed by atoms with Gasteiger partial charge in [0.15, 0.2) is 11.5 Å². The van der Waals surface area contributed by atoms with Crippen LogP contribution in [0.3, 0.4) is 0 Å². The van der Waals surface area contributed by atoms with Crippen molar-refractivity contribution < 1.29 is 17.9 Å². The van der Waals surface area contributed by atoms with Crippen molar-refractivity contribution in [2.24, 2.45) is 0 Å². The van der Waals surface area contributed by atoms with Crippen LogP contribution in [-0.2, 0) is 10.0 Å². The molecule has 0 bridgehead atoms. The molecule has 0 atom stereocenters. The number of hydrogen-bond acceptors (Lipinski definition) is 4. The topological polar surface area (TPSA) is 64.6 Å². The van der Waals surface area contributed by atoms with Gasteiger partial charge in [0.1, 0.15) is 0 Å². The van der Waals surface area contributed by atoms with Crippen LogP contribution in [0.15, 0.2) is 18.2 Å². The third-order valence-corrected chi connectivity index (χ3v) is 3.78. The van der Waals surface area contributed by atoms with Crippen molar-refractivity contribution in [2.75, 3.05) is 30.1 Å². The van der Waals surface area contributed by atoms with Gasteiger partial charge in [-0.15, -0.1) is 11.6 Å². The molecule has 0 aliphatic rings. The molecule has 0 spiro atoms. The summed E-state index contributed by atoms with van der Waals surface area (Å²) in [5, 5.41) is 0. The predicted octanol–water partition coefficient (Wildman–Crippen LogP) is 2.07. The monoisotopic (exact) mass is 293 g/mol. The number of nitrogens with one attached hydrogen (secondary N) is 1. The average molecular weight is 294 g/mol. The van der Waals surface area contributed by atoms with Gasteiger partial charge in [-0.2, -0.15) is 0 Å². The van der Waals surface area contributed by atoms with Gasteiger partial charge >= 0.3 is 0 Å². The standard InChI is InChI=1S/C11H16ClNO4S/c1-3-17-10-5-4-9(8-11(10)16-2)13-18(14,15)7-6-12/h4-5,8,13H,3,6-7H2,1-2H3. The highest BCUT2D eigenvalue weighted by Crippen LogP contribution is 2.30. The van der Waals surface area contributed by atoms with E-state index in [1.54, 1.807) is 18.2 Å². The Kier molecular flexibility index (Phi) is 5.55. The Labute approximate surface area is 112 Å². The number of ether oxygens (including phenoxy) is 2. The summed E-state index contributed by atoms with van der Waals surface area (Å²) < 4.78 is 36.0. The molecule has 1 N–H and O–H groups in total. The van der Waals surface area contributed by atoms with E-state index in [1.165, 1.54) is 7.11 Å². The van der Waals surface area contributed by atoms with Crippen molar-refractivity contribution in [3.05, 3.63) is 18.2 Å². The third kappa shape index (κ3) is 4.27. The van der Waals surface area contributed by atoms with E-state index < -0.39 is 10.0 Å². The fourth-order valence-electron chi connectivity index (χ4n) is 1.34. The van der Waals surface area contributed by atoms with E-state index in [-0.39, 0.29) is 11.6 Å². The molecule has 0 saturated carbocycles. The molecular formula is C11H16ClNO4S. The van der Waals surface area contributed by atoms with Crippen molar-refractivity contribution in [2.45, 2.75) is 6.92 Å². The smallest absolute Gasteiger partial charge is 0.233 e. The van der Waals surface area contributed by atoms with Crippen LogP contribution in [0, 0.1) is 0 Å². The van der Waals surface area contributed by atoms with Crippen LogP contribution < -0.4 is 14.2 Å². The van der Waals surface area contributed by atoms with Crippen LogP contribution in [0.25, 0.3) is 0 Å². The molecule has 0 fully saturated rings. The number of methoxy groups -OCH3 is 1. The molecule has 1 aromatic rings. The Morgan fingerprint density at radius 3 is 2.61 bits per heavy atom. The zero-order valence-corrected chi connectivity index (χ0v) is 11.8. The second kappa shape index (κ2) is 6.70. The second-order valence-electron chi connectivity index (χ2n) is 3.41. The van der Waals surface area contributed by atoms with Gasteiger partial charge in [-0.1, -0.05) is 0 Å². The fraction of sp³-hybridized carbons (Fsp3) is 0.455. The molecule has 0 unspecified atom stereocenters.